The van der Waals surface area contributed by atoms with Gasteiger partial charge in [0, 0.05) is 5.69 Å². The van der Waals surface area contributed by atoms with E-state index in [-0.39, 0.29) is 12.5 Å². The van der Waals surface area contributed by atoms with Gasteiger partial charge in [0.25, 0.3) is 11.8 Å². The molecule has 2 aliphatic rings. The fraction of sp³-hybridized carbons (Fsp3) is 0.250. The zero-order valence-electron chi connectivity index (χ0n) is 15.9. The average molecular weight is 393 g/mol. The van der Waals surface area contributed by atoms with Crippen molar-refractivity contribution in [2.24, 2.45) is 10.3 Å². The number of hydrogen-bond donors (Lipinski definition) is 1. The second-order valence-corrected chi connectivity index (χ2v) is 6.82. The maximum absolute atomic E-state index is 12.9. The lowest BCUT2D eigenvalue weighted by Crippen LogP contribution is -2.43. The summed E-state index contributed by atoms with van der Waals surface area (Å²) in [5.41, 5.74) is 2.08. The molecule has 2 atom stereocenters. The van der Waals surface area contributed by atoms with Crippen LogP contribution < -0.4 is 15.0 Å². The summed E-state index contributed by atoms with van der Waals surface area (Å²) >= 11 is 0. The van der Waals surface area contributed by atoms with E-state index in [1.54, 1.807) is 43.5 Å². The van der Waals surface area contributed by atoms with Crippen LogP contribution in [0.4, 0.5) is 11.4 Å². The molecule has 2 aromatic rings. The number of hydrogen-bond acceptors (Lipinski definition) is 7. The fourth-order valence-corrected chi connectivity index (χ4v) is 3.32. The van der Waals surface area contributed by atoms with Gasteiger partial charge in [-0.25, -0.2) is 4.90 Å². The predicted octanol–water partition coefficient (Wildman–Crippen LogP) is 1.94. The number of rotatable bonds is 5. The van der Waals surface area contributed by atoms with E-state index in [0.717, 1.165) is 10.5 Å². The number of aryl methyl sites for hydroxylation is 1. The Morgan fingerprint density at radius 1 is 1.07 bits per heavy atom. The van der Waals surface area contributed by atoms with Gasteiger partial charge in [-0.05, 0) is 43.3 Å². The highest BCUT2D eigenvalue weighted by atomic mass is 16.5. The summed E-state index contributed by atoms with van der Waals surface area (Å²) in [6.07, 6.45) is 0. The highest BCUT2D eigenvalue weighted by molar-refractivity contribution is 6.25. The molecule has 0 saturated carbocycles. The second-order valence-electron chi connectivity index (χ2n) is 6.82. The average Bonchev–Trinajstić information content (AvgIpc) is 3.23. The molecule has 0 radical (unpaired) electrons. The topological polar surface area (TPSA) is 104 Å². The van der Waals surface area contributed by atoms with Crippen molar-refractivity contribution < 1.29 is 19.1 Å². The van der Waals surface area contributed by atoms with Crippen molar-refractivity contribution in [2.75, 3.05) is 23.9 Å². The molecule has 0 spiro atoms. The van der Waals surface area contributed by atoms with Gasteiger partial charge < -0.3 is 10.1 Å². The van der Waals surface area contributed by atoms with Crippen LogP contribution in [0, 0.1) is 6.92 Å². The predicted molar refractivity (Wildman–Crippen MR) is 104 cm³/mol. The summed E-state index contributed by atoms with van der Waals surface area (Å²) in [6.45, 7) is 1.72. The molecule has 2 aliphatic heterocycles. The Labute approximate surface area is 166 Å². The molecule has 9 nitrogen and oxygen atoms in total. The Kier molecular flexibility index (Phi) is 4.71. The fourth-order valence-electron chi connectivity index (χ4n) is 3.32. The molecule has 0 bridgehead atoms. The molecule has 0 aliphatic carbocycles. The summed E-state index contributed by atoms with van der Waals surface area (Å²) < 4.78 is 5.08. The van der Waals surface area contributed by atoms with Crippen LogP contribution in [0.15, 0.2) is 58.9 Å². The van der Waals surface area contributed by atoms with Crippen molar-refractivity contribution in [1.82, 2.24) is 5.01 Å². The summed E-state index contributed by atoms with van der Waals surface area (Å²) in [5, 5.41) is 11.8. The number of nitrogens with zero attached hydrogens (tertiary/aromatic N) is 4. The Morgan fingerprint density at radius 2 is 1.76 bits per heavy atom. The molecule has 0 aromatic heterocycles. The third kappa shape index (κ3) is 3.42. The van der Waals surface area contributed by atoms with Crippen LogP contribution in [0.3, 0.4) is 0 Å². The van der Waals surface area contributed by atoms with Gasteiger partial charge in [-0.15, -0.1) is 0 Å². The van der Waals surface area contributed by atoms with E-state index in [4.69, 9.17) is 4.74 Å². The van der Waals surface area contributed by atoms with Crippen LogP contribution in [0.5, 0.6) is 5.75 Å². The Hall–Kier alpha value is -3.75. The summed E-state index contributed by atoms with van der Waals surface area (Å²) in [5.74, 6) is -0.578. The zero-order chi connectivity index (χ0) is 20.5. The molecule has 148 valence electrons. The van der Waals surface area contributed by atoms with E-state index in [0.29, 0.717) is 17.1 Å². The van der Waals surface area contributed by atoms with Crippen molar-refractivity contribution in [3.8, 4) is 5.75 Å². The van der Waals surface area contributed by atoms with E-state index in [1.165, 1.54) is 5.01 Å². The number of nitrogens with one attached hydrogen (secondary N) is 1. The molecule has 2 heterocycles. The number of anilines is 2. The lowest BCUT2D eigenvalue weighted by atomic mass is 10.1. The van der Waals surface area contributed by atoms with Gasteiger partial charge >= 0.3 is 0 Å². The van der Waals surface area contributed by atoms with Crippen LogP contribution in [0.25, 0.3) is 0 Å². The van der Waals surface area contributed by atoms with E-state index in [9.17, 15) is 14.4 Å². The lowest BCUT2D eigenvalue weighted by Gasteiger charge is -2.20. The van der Waals surface area contributed by atoms with E-state index < -0.39 is 23.9 Å². The van der Waals surface area contributed by atoms with E-state index in [2.05, 4.69) is 15.7 Å². The minimum absolute atomic E-state index is 0.197. The largest absolute Gasteiger partial charge is 0.497 e. The summed E-state index contributed by atoms with van der Waals surface area (Å²) in [6, 6.07) is 12.1. The molecule has 4 rings (SSSR count). The van der Waals surface area contributed by atoms with Crippen LogP contribution in [-0.2, 0) is 14.4 Å². The van der Waals surface area contributed by atoms with Crippen molar-refractivity contribution in [3.63, 3.8) is 0 Å². The minimum Gasteiger partial charge on any atom is -0.497 e. The summed E-state index contributed by atoms with van der Waals surface area (Å²) in [7, 11) is 1.56. The standard InChI is InChI=1S/C20H19N5O4/c1-12-3-7-14(8-4-12)25-19(27)17-18(20(25)28)24(23-22-17)11-16(26)21-13-5-9-15(29-2)10-6-13/h3-10,17-18H,11H2,1-2H3,(H,21,26)/t17-,18-/m1/s1. The number of carbonyl (C=O) groups excluding carboxylic acids is 3. The molecule has 1 N–H and O–H groups in total. The smallest absolute Gasteiger partial charge is 0.263 e. The van der Waals surface area contributed by atoms with Gasteiger partial charge in [0.05, 0.1) is 12.8 Å². The zero-order valence-corrected chi connectivity index (χ0v) is 15.9. The van der Waals surface area contributed by atoms with Crippen molar-refractivity contribution in [2.45, 2.75) is 19.0 Å². The molecular weight excluding hydrogens is 374 g/mol. The first-order chi connectivity index (χ1) is 14.0. The Morgan fingerprint density at radius 3 is 2.41 bits per heavy atom. The van der Waals surface area contributed by atoms with Crippen LogP contribution in [0.1, 0.15) is 5.56 Å². The number of fused-ring (bicyclic) bond motifs is 1. The van der Waals surface area contributed by atoms with Gasteiger partial charge in [-0.3, -0.25) is 19.4 Å². The van der Waals surface area contributed by atoms with Crippen LogP contribution >= 0.6 is 0 Å². The Bertz CT molecular complexity index is 987. The normalized spacial score (nSPS) is 20.2. The number of methoxy groups -OCH3 is 1. The number of imide groups is 1. The van der Waals surface area contributed by atoms with Gasteiger partial charge in [-0.1, -0.05) is 22.9 Å². The highest BCUT2D eigenvalue weighted by Gasteiger charge is 2.55. The molecule has 29 heavy (non-hydrogen) atoms. The maximum Gasteiger partial charge on any atom is 0.263 e. The number of ether oxygens (including phenoxy) is 1. The van der Waals surface area contributed by atoms with Crippen molar-refractivity contribution in [1.29, 1.82) is 0 Å². The van der Waals surface area contributed by atoms with Gasteiger partial charge in [0.1, 0.15) is 12.3 Å². The first-order valence-electron chi connectivity index (χ1n) is 9.04. The monoisotopic (exact) mass is 393 g/mol. The van der Waals surface area contributed by atoms with Gasteiger partial charge in [0.15, 0.2) is 12.1 Å². The number of carbonyl (C=O) groups is 3. The number of benzene rings is 2. The first kappa shape index (κ1) is 18.6. The number of amides is 3. The maximum atomic E-state index is 12.9. The molecule has 1 saturated heterocycles. The first-order valence-corrected chi connectivity index (χ1v) is 9.04. The highest BCUT2D eigenvalue weighted by Crippen LogP contribution is 2.31. The second kappa shape index (κ2) is 7.34. The van der Waals surface area contributed by atoms with E-state index >= 15 is 0 Å². The van der Waals surface area contributed by atoms with Crippen molar-refractivity contribution >= 4 is 29.1 Å². The molecule has 9 heteroatoms. The third-order valence-electron chi connectivity index (χ3n) is 4.83. The minimum atomic E-state index is -0.933. The molecule has 1 fully saturated rings. The van der Waals surface area contributed by atoms with Crippen LogP contribution in [0.2, 0.25) is 0 Å². The third-order valence-corrected chi connectivity index (χ3v) is 4.83. The molecule has 0 unspecified atom stereocenters. The van der Waals surface area contributed by atoms with Crippen molar-refractivity contribution in [3.05, 3.63) is 54.1 Å². The van der Waals surface area contributed by atoms with Gasteiger partial charge in [0.2, 0.25) is 5.91 Å². The lowest BCUT2D eigenvalue weighted by molar-refractivity contribution is -0.123. The molecule has 3 amide bonds. The summed E-state index contributed by atoms with van der Waals surface area (Å²) in [4.78, 5) is 39.1. The molecular formula is C20H19N5O4. The van der Waals surface area contributed by atoms with Gasteiger partial charge in [-0.2, -0.15) is 5.11 Å². The SMILES string of the molecule is COc1ccc(NC(=O)CN2N=N[C@H]3C(=O)N(c4ccc(C)cc4)C(=O)[C@@H]32)cc1. The quantitative estimate of drug-likeness (QED) is 0.782. The van der Waals surface area contributed by atoms with E-state index in [1.807, 2.05) is 19.1 Å². The Balaban J connectivity index is 1.45. The van der Waals surface area contributed by atoms with Crippen LogP contribution in [-0.4, -0.2) is 48.5 Å². The molecule has 2 aromatic carbocycles.